The van der Waals surface area contributed by atoms with Crippen LogP contribution in [0.3, 0.4) is 0 Å². The largest absolute Gasteiger partial charge is 0.497 e. The first kappa shape index (κ1) is 19.2. The smallest absolute Gasteiger partial charge is 0.270 e. The number of carbonyl (C=O) groups excluding carboxylic acids is 1. The molecular formula is C23H24N2O4S. The van der Waals surface area contributed by atoms with Crippen LogP contribution in [0.2, 0.25) is 0 Å². The van der Waals surface area contributed by atoms with Crippen LogP contribution in [-0.4, -0.2) is 48.7 Å². The topological polar surface area (TPSA) is 79.5 Å². The van der Waals surface area contributed by atoms with E-state index in [1.807, 2.05) is 35.2 Å². The Morgan fingerprint density at radius 2 is 1.73 bits per heavy atom. The van der Waals surface area contributed by atoms with Crippen molar-refractivity contribution in [3.05, 3.63) is 60.3 Å². The Hall–Kier alpha value is -2.80. The van der Waals surface area contributed by atoms with Crippen molar-refractivity contribution in [2.24, 2.45) is 0 Å². The third kappa shape index (κ3) is 3.08. The number of nitrogens with zero attached hydrogens (tertiary/aromatic N) is 1. The minimum absolute atomic E-state index is 0.0410. The molecule has 0 aliphatic carbocycles. The second-order valence-corrected chi connectivity index (χ2v) is 10.4. The zero-order chi connectivity index (χ0) is 20.9. The van der Waals surface area contributed by atoms with Crippen molar-refractivity contribution in [2.45, 2.75) is 47.9 Å². The molecule has 1 N–H and O–H groups in total. The van der Waals surface area contributed by atoms with Gasteiger partial charge >= 0.3 is 0 Å². The fourth-order valence-electron chi connectivity index (χ4n) is 5.00. The summed E-state index contributed by atoms with van der Waals surface area (Å²) in [7, 11) is -1.78. The van der Waals surface area contributed by atoms with E-state index >= 15 is 0 Å². The van der Waals surface area contributed by atoms with Gasteiger partial charge in [-0.3, -0.25) is 4.79 Å². The standard InChI is InChI=1S/C23H24N2O4S/c1-29-18-10-7-15-11-22(24-21(15)14-18)23(26)25-16-8-9-17(25)13-20(12-16)30(27,28)19-5-3-2-4-6-19/h2-7,10-11,14,16-17,20,24H,8-9,12-13H2,1H3. The number of carbonyl (C=O) groups is 1. The van der Waals surface area contributed by atoms with Crippen LogP contribution < -0.4 is 4.74 Å². The lowest BCUT2D eigenvalue weighted by molar-refractivity contribution is 0.0593. The third-order valence-corrected chi connectivity index (χ3v) is 8.69. The van der Waals surface area contributed by atoms with Crippen LogP contribution >= 0.6 is 0 Å². The Morgan fingerprint density at radius 1 is 1.03 bits per heavy atom. The van der Waals surface area contributed by atoms with Crippen LogP contribution in [0.25, 0.3) is 10.9 Å². The summed E-state index contributed by atoms with van der Waals surface area (Å²) < 4.78 is 31.5. The summed E-state index contributed by atoms with van der Waals surface area (Å²) in [4.78, 5) is 18.8. The van der Waals surface area contributed by atoms with Gasteiger partial charge in [0.05, 0.1) is 17.3 Å². The molecule has 30 heavy (non-hydrogen) atoms. The van der Waals surface area contributed by atoms with Crippen molar-refractivity contribution in [2.75, 3.05) is 7.11 Å². The molecule has 1 amide bonds. The van der Waals surface area contributed by atoms with E-state index in [0.717, 1.165) is 29.5 Å². The highest BCUT2D eigenvalue weighted by Gasteiger charge is 2.47. The maximum atomic E-state index is 13.3. The molecule has 2 aliphatic heterocycles. The Labute approximate surface area is 175 Å². The van der Waals surface area contributed by atoms with Gasteiger partial charge in [0.25, 0.3) is 5.91 Å². The summed E-state index contributed by atoms with van der Waals surface area (Å²) in [5.74, 6) is 0.684. The summed E-state index contributed by atoms with van der Waals surface area (Å²) in [6, 6.07) is 16.1. The van der Waals surface area contributed by atoms with Crippen LogP contribution in [-0.2, 0) is 9.84 Å². The molecule has 0 saturated carbocycles. The number of nitrogens with one attached hydrogen (secondary N) is 1. The lowest BCUT2D eigenvalue weighted by Crippen LogP contribution is -2.49. The van der Waals surface area contributed by atoms with Crippen LogP contribution in [0.5, 0.6) is 5.75 Å². The number of fused-ring (bicyclic) bond motifs is 3. The molecule has 3 aromatic rings. The van der Waals surface area contributed by atoms with Gasteiger partial charge in [0.1, 0.15) is 11.4 Å². The zero-order valence-electron chi connectivity index (χ0n) is 16.7. The predicted molar refractivity (Wildman–Crippen MR) is 114 cm³/mol. The van der Waals surface area contributed by atoms with E-state index in [9.17, 15) is 13.2 Å². The molecule has 2 fully saturated rings. The summed E-state index contributed by atoms with van der Waals surface area (Å²) in [6.07, 6.45) is 2.69. The van der Waals surface area contributed by atoms with E-state index in [4.69, 9.17) is 4.74 Å². The van der Waals surface area contributed by atoms with Crippen molar-refractivity contribution in [1.82, 2.24) is 9.88 Å². The van der Waals surface area contributed by atoms with Crippen molar-refractivity contribution >= 4 is 26.6 Å². The molecule has 2 saturated heterocycles. The number of rotatable bonds is 4. The van der Waals surface area contributed by atoms with Gasteiger partial charge in [0, 0.05) is 29.1 Å². The fraction of sp³-hybridized carbons (Fsp3) is 0.348. The second-order valence-electron chi connectivity index (χ2n) is 8.19. The summed E-state index contributed by atoms with van der Waals surface area (Å²) in [5.41, 5.74) is 1.39. The number of hydrogen-bond acceptors (Lipinski definition) is 4. The molecule has 6 nitrogen and oxygen atoms in total. The number of amides is 1. The number of sulfone groups is 1. The Morgan fingerprint density at radius 3 is 2.40 bits per heavy atom. The number of H-pyrrole nitrogens is 1. The van der Waals surface area contributed by atoms with Crippen molar-refractivity contribution in [3.8, 4) is 5.75 Å². The van der Waals surface area contributed by atoms with E-state index < -0.39 is 15.1 Å². The lowest BCUT2D eigenvalue weighted by Gasteiger charge is -2.38. The van der Waals surface area contributed by atoms with E-state index in [1.54, 1.807) is 31.4 Å². The Balaban J connectivity index is 1.40. The molecule has 2 atom stereocenters. The Bertz CT molecular complexity index is 1190. The normalized spacial score (nSPS) is 23.6. The minimum atomic E-state index is -3.39. The third-order valence-electron chi connectivity index (χ3n) is 6.49. The molecule has 2 bridgehead atoms. The number of hydrogen-bond donors (Lipinski definition) is 1. The molecule has 2 aliphatic rings. The SMILES string of the molecule is COc1ccc2cc(C(=O)N3C4CCC3CC(S(=O)(=O)c3ccccc3)C4)[nH]c2c1. The lowest BCUT2D eigenvalue weighted by atomic mass is 10.0. The van der Waals surface area contributed by atoms with Gasteiger partial charge in [-0.15, -0.1) is 0 Å². The first-order valence-electron chi connectivity index (χ1n) is 10.3. The molecule has 0 spiro atoms. The molecule has 1 aromatic heterocycles. The van der Waals surface area contributed by atoms with Crippen molar-refractivity contribution in [3.63, 3.8) is 0 Å². The maximum Gasteiger partial charge on any atom is 0.270 e. The van der Waals surface area contributed by atoms with E-state index in [1.165, 1.54) is 0 Å². The van der Waals surface area contributed by atoms with Crippen LogP contribution in [0.1, 0.15) is 36.2 Å². The monoisotopic (exact) mass is 424 g/mol. The molecule has 3 heterocycles. The average molecular weight is 425 g/mol. The number of aromatic amines is 1. The summed E-state index contributed by atoms with van der Waals surface area (Å²) >= 11 is 0. The molecule has 2 aromatic carbocycles. The van der Waals surface area contributed by atoms with Gasteiger partial charge in [0.15, 0.2) is 9.84 Å². The van der Waals surface area contributed by atoms with Crippen molar-refractivity contribution < 1.29 is 17.9 Å². The highest BCUT2D eigenvalue weighted by atomic mass is 32.2. The molecule has 2 unspecified atom stereocenters. The minimum Gasteiger partial charge on any atom is -0.497 e. The van der Waals surface area contributed by atoms with Gasteiger partial charge in [0.2, 0.25) is 0 Å². The van der Waals surface area contributed by atoms with Crippen molar-refractivity contribution in [1.29, 1.82) is 0 Å². The first-order chi connectivity index (χ1) is 14.5. The van der Waals surface area contributed by atoms with E-state index in [-0.39, 0.29) is 18.0 Å². The molecular weight excluding hydrogens is 400 g/mol. The van der Waals surface area contributed by atoms with E-state index in [0.29, 0.717) is 23.4 Å². The highest BCUT2D eigenvalue weighted by Crippen LogP contribution is 2.40. The van der Waals surface area contributed by atoms with Gasteiger partial charge in [-0.05, 0) is 56.0 Å². The van der Waals surface area contributed by atoms with E-state index in [2.05, 4.69) is 4.98 Å². The van der Waals surface area contributed by atoms with Crippen LogP contribution in [0, 0.1) is 0 Å². The molecule has 156 valence electrons. The Kier molecular flexibility index (Phi) is 4.58. The quantitative estimate of drug-likeness (QED) is 0.691. The van der Waals surface area contributed by atoms with Gasteiger partial charge in [-0.25, -0.2) is 8.42 Å². The fourth-order valence-corrected chi connectivity index (χ4v) is 6.87. The number of ether oxygens (including phenoxy) is 1. The van der Waals surface area contributed by atoms with Gasteiger partial charge < -0.3 is 14.6 Å². The molecule has 5 rings (SSSR count). The zero-order valence-corrected chi connectivity index (χ0v) is 17.6. The maximum absolute atomic E-state index is 13.3. The predicted octanol–water partition coefficient (Wildman–Crippen LogP) is 3.79. The average Bonchev–Trinajstić information content (AvgIpc) is 3.31. The number of piperidine rings is 1. The molecule has 0 radical (unpaired) electrons. The summed E-state index contributed by atoms with van der Waals surface area (Å²) in [6.45, 7) is 0. The molecule has 7 heteroatoms. The van der Waals surface area contributed by atoms with Crippen LogP contribution in [0.15, 0.2) is 59.5 Å². The highest BCUT2D eigenvalue weighted by molar-refractivity contribution is 7.92. The van der Waals surface area contributed by atoms with Gasteiger partial charge in [-0.1, -0.05) is 18.2 Å². The number of aromatic nitrogens is 1. The second kappa shape index (κ2) is 7.16. The van der Waals surface area contributed by atoms with Crippen LogP contribution in [0.4, 0.5) is 0 Å². The first-order valence-corrected chi connectivity index (χ1v) is 11.8. The van der Waals surface area contributed by atoms with Gasteiger partial charge in [-0.2, -0.15) is 0 Å². The number of methoxy groups -OCH3 is 1. The summed E-state index contributed by atoms with van der Waals surface area (Å²) in [5, 5.41) is 0.515. The number of benzene rings is 2.